The van der Waals surface area contributed by atoms with Crippen LogP contribution in [0.25, 0.3) is 0 Å². The molecule has 7 heteroatoms. The van der Waals surface area contributed by atoms with Gasteiger partial charge in [0, 0.05) is 6.54 Å². The van der Waals surface area contributed by atoms with E-state index in [0.29, 0.717) is 6.42 Å². The Labute approximate surface area is 132 Å². The van der Waals surface area contributed by atoms with Crippen LogP contribution in [-0.2, 0) is 4.79 Å². The molecule has 0 heterocycles. The Balaban J connectivity index is 2.18. The summed E-state index contributed by atoms with van der Waals surface area (Å²) in [5.41, 5.74) is -2.29. The van der Waals surface area contributed by atoms with Gasteiger partial charge >= 0.3 is 5.92 Å². The highest BCUT2D eigenvalue weighted by molar-refractivity contribution is 6.05. The molecule has 1 aliphatic rings. The van der Waals surface area contributed by atoms with E-state index in [1.54, 1.807) is 6.07 Å². The van der Waals surface area contributed by atoms with Gasteiger partial charge in [0.05, 0.1) is 11.3 Å². The fourth-order valence-electron chi connectivity index (χ4n) is 2.29. The predicted octanol–water partition coefficient (Wildman–Crippen LogP) is 2.09. The number of carbonyl (C=O) groups excluding carboxylic acids is 2. The van der Waals surface area contributed by atoms with E-state index >= 15 is 0 Å². The number of aliphatic hydroxyl groups is 1. The van der Waals surface area contributed by atoms with Gasteiger partial charge in [-0.25, -0.2) is 0 Å². The second-order valence-electron chi connectivity index (χ2n) is 5.46. The van der Waals surface area contributed by atoms with Gasteiger partial charge in [-0.3, -0.25) is 9.59 Å². The molecule has 5 nitrogen and oxygen atoms in total. The van der Waals surface area contributed by atoms with Crippen LogP contribution in [0, 0.1) is 0 Å². The summed E-state index contributed by atoms with van der Waals surface area (Å²) in [6.45, 7) is 3.67. The Bertz CT molecular complexity index is 628. The standard InChI is InChI=1S/C16H18F2N2O3/c1-2-10-19-13(21)11-6-3-4-7-12(11)20-14(22)16(17,18)15(23)8-5-9-15/h2-4,6-7,23H,1,5,8-10H2,(H,19,21)(H,20,22). The monoisotopic (exact) mass is 324 g/mol. The molecule has 0 radical (unpaired) electrons. The molecular weight excluding hydrogens is 306 g/mol. The highest BCUT2D eigenvalue weighted by Gasteiger charge is 2.61. The number of anilines is 1. The van der Waals surface area contributed by atoms with Gasteiger partial charge in [0.15, 0.2) is 0 Å². The molecule has 1 aliphatic carbocycles. The molecule has 0 bridgehead atoms. The Morgan fingerprint density at radius 1 is 1.35 bits per heavy atom. The third-order valence-corrected chi connectivity index (χ3v) is 3.88. The van der Waals surface area contributed by atoms with Crippen molar-refractivity contribution >= 4 is 17.5 Å². The number of amides is 2. The molecule has 1 aromatic carbocycles. The maximum atomic E-state index is 14.1. The number of para-hydroxylation sites is 1. The van der Waals surface area contributed by atoms with Crippen LogP contribution < -0.4 is 10.6 Å². The van der Waals surface area contributed by atoms with Crippen molar-refractivity contribution in [2.24, 2.45) is 0 Å². The molecule has 23 heavy (non-hydrogen) atoms. The van der Waals surface area contributed by atoms with Gasteiger partial charge in [-0.1, -0.05) is 18.2 Å². The second kappa shape index (κ2) is 6.45. The fourth-order valence-corrected chi connectivity index (χ4v) is 2.29. The summed E-state index contributed by atoms with van der Waals surface area (Å²) in [7, 11) is 0. The van der Waals surface area contributed by atoms with Crippen molar-refractivity contribution in [2.45, 2.75) is 30.8 Å². The highest BCUT2D eigenvalue weighted by Crippen LogP contribution is 2.44. The van der Waals surface area contributed by atoms with Crippen molar-refractivity contribution in [1.82, 2.24) is 5.32 Å². The highest BCUT2D eigenvalue weighted by atomic mass is 19.3. The number of alkyl halides is 2. The van der Waals surface area contributed by atoms with E-state index in [-0.39, 0.29) is 30.6 Å². The molecule has 1 aromatic rings. The van der Waals surface area contributed by atoms with Crippen LogP contribution in [0.1, 0.15) is 29.6 Å². The van der Waals surface area contributed by atoms with Crippen LogP contribution in [0.4, 0.5) is 14.5 Å². The van der Waals surface area contributed by atoms with Crippen LogP contribution in [0.15, 0.2) is 36.9 Å². The Morgan fingerprint density at radius 3 is 2.57 bits per heavy atom. The quantitative estimate of drug-likeness (QED) is 0.701. The molecule has 1 fully saturated rings. The predicted molar refractivity (Wildman–Crippen MR) is 81.3 cm³/mol. The maximum absolute atomic E-state index is 14.1. The minimum absolute atomic E-state index is 0.0401. The first-order valence-electron chi connectivity index (χ1n) is 7.21. The van der Waals surface area contributed by atoms with Crippen molar-refractivity contribution in [3.63, 3.8) is 0 Å². The number of hydrogen-bond acceptors (Lipinski definition) is 3. The Kier molecular flexibility index (Phi) is 4.79. The molecule has 0 atom stereocenters. The van der Waals surface area contributed by atoms with E-state index in [9.17, 15) is 23.5 Å². The van der Waals surface area contributed by atoms with Gasteiger partial charge < -0.3 is 15.7 Å². The van der Waals surface area contributed by atoms with E-state index in [0.717, 1.165) is 0 Å². The maximum Gasteiger partial charge on any atom is 0.352 e. The van der Waals surface area contributed by atoms with Gasteiger partial charge in [-0.05, 0) is 31.4 Å². The number of carbonyl (C=O) groups is 2. The lowest BCUT2D eigenvalue weighted by Gasteiger charge is -2.41. The molecule has 0 spiro atoms. The minimum Gasteiger partial charge on any atom is -0.383 e. The first-order valence-corrected chi connectivity index (χ1v) is 7.21. The smallest absolute Gasteiger partial charge is 0.352 e. The fraction of sp³-hybridized carbons (Fsp3) is 0.375. The van der Waals surface area contributed by atoms with Gasteiger partial charge in [0.2, 0.25) is 0 Å². The number of rotatable bonds is 6. The van der Waals surface area contributed by atoms with Crippen LogP contribution in [-0.4, -0.2) is 35.0 Å². The van der Waals surface area contributed by atoms with Gasteiger partial charge in [-0.2, -0.15) is 8.78 Å². The number of halogens is 2. The third kappa shape index (κ3) is 3.24. The minimum atomic E-state index is -3.92. The second-order valence-corrected chi connectivity index (χ2v) is 5.46. The molecular formula is C16H18F2N2O3. The van der Waals surface area contributed by atoms with Crippen LogP contribution in [0.5, 0.6) is 0 Å². The Hall–Kier alpha value is -2.28. The van der Waals surface area contributed by atoms with Crippen molar-refractivity contribution in [1.29, 1.82) is 0 Å². The van der Waals surface area contributed by atoms with Gasteiger partial charge in [0.25, 0.3) is 11.8 Å². The lowest BCUT2D eigenvalue weighted by atomic mass is 9.75. The van der Waals surface area contributed by atoms with Crippen LogP contribution >= 0.6 is 0 Å². The average Bonchev–Trinajstić information content (AvgIpc) is 2.50. The zero-order valence-electron chi connectivity index (χ0n) is 12.4. The SMILES string of the molecule is C=CCNC(=O)c1ccccc1NC(=O)C(F)(F)C1(O)CCC1. The number of benzene rings is 1. The van der Waals surface area contributed by atoms with Crippen LogP contribution in [0.3, 0.4) is 0 Å². The first kappa shape index (κ1) is 17.1. The van der Waals surface area contributed by atoms with E-state index in [1.807, 2.05) is 5.32 Å². The number of nitrogens with one attached hydrogen (secondary N) is 2. The molecule has 2 rings (SSSR count). The topological polar surface area (TPSA) is 78.4 Å². The van der Waals surface area contributed by atoms with Gasteiger partial charge in [0.1, 0.15) is 5.60 Å². The zero-order valence-corrected chi connectivity index (χ0v) is 12.4. The first-order chi connectivity index (χ1) is 10.8. The van der Waals surface area contributed by atoms with Gasteiger partial charge in [-0.15, -0.1) is 6.58 Å². The molecule has 1 saturated carbocycles. The molecule has 0 unspecified atom stereocenters. The molecule has 2 amide bonds. The summed E-state index contributed by atoms with van der Waals surface area (Å²) in [6, 6.07) is 5.82. The van der Waals surface area contributed by atoms with Crippen molar-refractivity contribution in [3.8, 4) is 0 Å². The molecule has 0 aromatic heterocycles. The molecule has 3 N–H and O–H groups in total. The molecule has 0 saturated heterocycles. The van der Waals surface area contributed by atoms with E-state index in [4.69, 9.17) is 0 Å². The van der Waals surface area contributed by atoms with E-state index in [2.05, 4.69) is 11.9 Å². The molecule has 0 aliphatic heterocycles. The normalized spacial score (nSPS) is 16.1. The summed E-state index contributed by atoms with van der Waals surface area (Å²) in [6.07, 6.45) is 1.66. The van der Waals surface area contributed by atoms with Crippen LogP contribution in [0.2, 0.25) is 0 Å². The van der Waals surface area contributed by atoms with Crippen molar-refractivity contribution in [2.75, 3.05) is 11.9 Å². The Morgan fingerprint density at radius 2 is 2.00 bits per heavy atom. The summed E-state index contributed by atoms with van der Waals surface area (Å²) in [5, 5.41) is 14.3. The van der Waals surface area contributed by atoms with Crippen molar-refractivity contribution in [3.05, 3.63) is 42.5 Å². The third-order valence-electron chi connectivity index (χ3n) is 3.88. The number of hydrogen-bond donors (Lipinski definition) is 3. The summed E-state index contributed by atoms with van der Waals surface area (Å²) in [4.78, 5) is 23.9. The summed E-state index contributed by atoms with van der Waals surface area (Å²) < 4.78 is 28.2. The van der Waals surface area contributed by atoms with Crippen molar-refractivity contribution < 1.29 is 23.5 Å². The zero-order chi connectivity index (χ0) is 17.1. The average molecular weight is 324 g/mol. The van der Waals surface area contributed by atoms with E-state index < -0.39 is 23.3 Å². The summed E-state index contributed by atoms with van der Waals surface area (Å²) in [5.74, 6) is -6.06. The van der Waals surface area contributed by atoms with E-state index in [1.165, 1.54) is 24.3 Å². The lowest BCUT2D eigenvalue weighted by molar-refractivity contribution is -0.212. The molecule has 124 valence electrons. The summed E-state index contributed by atoms with van der Waals surface area (Å²) >= 11 is 0. The lowest BCUT2D eigenvalue weighted by Crippen LogP contribution is -2.59. The largest absolute Gasteiger partial charge is 0.383 e.